The molecule has 0 saturated carbocycles. The third-order valence-corrected chi connectivity index (χ3v) is 9.65. The molecule has 0 fully saturated rings. The molecule has 0 spiro atoms. The van der Waals surface area contributed by atoms with E-state index in [1.807, 2.05) is 48.5 Å². The van der Waals surface area contributed by atoms with Crippen molar-refractivity contribution in [1.29, 1.82) is 0 Å². The Hall–Kier alpha value is -5.02. The second-order valence-corrected chi connectivity index (χ2v) is 11.9. The number of ketones is 2. The predicted octanol–water partition coefficient (Wildman–Crippen LogP) is 10.1. The van der Waals surface area contributed by atoms with E-state index >= 15 is 0 Å². The van der Waals surface area contributed by atoms with Crippen LogP contribution in [0.4, 0.5) is 0 Å². The van der Waals surface area contributed by atoms with Crippen molar-refractivity contribution >= 4 is 54.7 Å². The number of unbranched alkanes of at least 4 members (excludes halogenated alkanes) is 3. The fourth-order valence-corrected chi connectivity index (χ4v) is 7.74. The maximum Gasteiger partial charge on any atom is 0.194 e. The highest BCUT2D eigenvalue weighted by Gasteiger charge is 2.31. The molecule has 3 heteroatoms. The fraction of sp³-hybridized carbons (Fsp3) is 0.150. The number of carbonyl (C=O) groups is 2. The molecule has 3 nitrogen and oxygen atoms in total. The first-order valence-corrected chi connectivity index (χ1v) is 15.3. The SMILES string of the molecule is CCCCCCOc1cccc2c1-c1ccc3c4ccc5c6c(ccc(c7ccc(c1c73)C2=O)c64)C(=O)c1ccccc1-5. The molecule has 0 saturated heterocycles. The summed E-state index contributed by atoms with van der Waals surface area (Å²) in [7, 11) is 0. The average molecular weight is 557 g/mol. The van der Waals surface area contributed by atoms with E-state index in [2.05, 4.69) is 49.4 Å². The van der Waals surface area contributed by atoms with Crippen molar-refractivity contribution in [2.75, 3.05) is 6.61 Å². The molecule has 2 aliphatic carbocycles. The van der Waals surface area contributed by atoms with E-state index in [-0.39, 0.29) is 11.6 Å². The maximum absolute atomic E-state index is 14.0. The molecule has 0 aliphatic heterocycles. The standard InChI is InChI=1S/C40H28O3/c1-2-3-4-7-21-43-33-12-8-11-30-34(33)29-18-15-25-24-14-13-23-22-9-5-6-10-28(22)39(41)31-19-16-26(35(24)37(23)31)27-17-20-32(40(30)42)38(29)36(25)27/h5-6,8-20H,2-4,7,21H2,1H3. The van der Waals surface area contributed by atoms with Gasteiger partial charge in [0.1, 0.15) is 5.75 Å². The number of carbonyl (C=O) groups excluding carboxylic acids is 2. The molecule has 0 atom stereocenters. The quantitative estimate of drug-likeness (QED) is 0.116. The van der Waals surface area contributed by atoms with E-state index in [1.165, 1.54) is 12.8 Å². The summed E-state index contributed by atoms with van der Waals surface area (Å²) in [5, 5.41) is 8.67. The molecule has 0 radical (unpaired) electrons. The number of hydrogen-bond donors (Lipinski definition) is 0. The second kappa shape index (κ2) is 8.99. The van der Waals surface area contributed by atoms with Gasteiger partial charge in [-0.25, -0.2) is 0 Å². The third kappa shape index (κ3) is 3.20. The van der Waals surface area contributed by atoms with Crippen LogP contribution >= 0.6 is 0 Å². The van der Waals surface area contributed by atoms with Crippen LogP contribution in [-0.2, 0) is 0 Å². The van der Waals surface area contributed by atoms with E-state index in [0.29, 0.717) is 12.2 Å². The van der Waals surface area contributed by atoms with Gasteiger partial charge in [0, 0.05) is 38.6 Å². The van der Waals surface area contributed by atoms with Crippen molar-refractivity contribution in [3.8, 4) is 28.0 Å². The van der Waals surface area contributed by atoms with Crippen LogP contribution in [-0.4, -0.2) is 18.2 Å². The van der Waals surface area contributed by atoms with Crippen LogP contribution in [0.5, 0.6) is 5.75 Å². The van der Waals surface area contributed by atoms with Crippen molar-refractivity contribution < 1.29 is 14.3 Å². The van der Waals surface area contributed by atoms with Crippen LogP contribution in [0.2, 0.25) is 0 Å². The van der Waals surface area contributed by atoms with Crippen LogP contribution in [0.1, 0.15) is 64.4 Å². The Balaban J connectivity index is 1.34. The highest BCUT2D eigenvalue weighted by molar-refractivity contribution is 6.41. The lowest BCUT2D eigenvalue weighted by molar-refractivity contribution is 0.103. The molecule has 0 bridgehead atoms. The molecule has 0 N–H and O–H groups in total. The molecule has 9 rings (SSSR count). The summed E-state index contributed by atoms with van der Waals surface area (Å²) in [5.74, 6) is 0.897. The monoisotopic (exact) mass is 556 g/mol. The van der Waals surface area contributed by atoms with E-state index in [9.17, 15) is 9.59 Å². The Bertz CT molecular complexity index is 2320. The summed E-state index contributed by atoms with van der Waals surface area (Å²) < 4.78 is 6.35. The minimum atomic E-state index is 0.0425. The lowest BCUT2D eigenvalue weighted by Crippen LogP contribution is -2.12. The Morgan fingerprint density at radius 3 is 1.70 bits per heavy atom. The van der Waals surface area contributed by atoms with Crippen molar-refractivity contribution in [2.45, 2.75) is 32.6 Å². The fourth-order valence-electron chi connectivity index (χ4n) is 7.74. The van der Waals surface area contributed by atoms with Crippen molar-refractivity contribution in [3.63, 3.8) is 0 Å². The summed E-state index contributed by atoms with van der Waals surface area (Å²) in [4.78, 5) is 27.7. The van der Waals surface area contributed by atoms with Gasteiger partial charge in [0.25, 0.3) is 0 Å². The predicted molar refractivity (Wildman–Crippen MR) is 175 cm³/mol. The molecule has 0 aromatic heterocycles. The zero-order chi connectivity index (χ0) is 28.8. The van der Waals surface area contributed by atoms with Gasteiger partial charge in [-0.05, 0) is 73.6 Å². The maximum atomic E-state index is 14.0. The van der Waals surface area contributed by atoms with Crippen LogP contribution < -0.4 is 4.74 Å². The molecule has 7 aromatic rings. The molecule has 2 aliphatic rings. The van der Waals surface area contributed by atoms with Gasteiger partial charge in [-0.3, -0.25) is 9.59 Å². The summed E-state index contributed by atoms with van der Waals surface area (Å²) >= 11 is 0. The smallest absolute Gasteiger partial charge is 0.194 e. The van der Waals surface area contributed by atoms with Crippen LogP contribution in [0.25, 0.3) is 65.3 Å². The van der Waals surface area contributed by atoms with Gasteiger partial charge < -0.3 is 4.74 Å². The number of hydrogen-bond acceptors (Lipinski definition) is 3. The summed E-state index contributed by atoms with van der Waals surface area (Å²) in [6.07, 6.45) is 4.52. The minimum Gasteiger partial charge on any atom is -0.493 e. The number of ether oxygens (including phenoxy) is 1. The van der Waals surface area contributed by atoms with Crippen LogP contribution in [0, 0.1) is 0 Å². The third-order valence-electron chi connectivity index (χ3n) is 9.65. The number of rotatable bonds is 6. The van der Waals surface area contributed by atoms with Crippen LogP contribution in [0.15, 0.2) is 91.0 Å². The van der Waals surface area contributed by atoms with Crippen LogP contribution in [0.3, 0.4) is 0 Å². The summed E-state index contributed by atoms with van der Waals surface area (Å²) in [6.45, 7) is 2.85. The van der Waals surface area contributed by atoms with Gasteiger partial charge >= 0.3 is 0 Å². The summed E-state index contributed by atoms with van der Waals surface area (Å²) in [6, 6.07) is 30.7. The first-order chi connectivity index (χ1) is 21.2. The van der Waals surface area contributed by atoms with Crippen molar-refractivity contribution in [2.24, 2.45) is 0 Å². The average Bonchev–Trinajstić information content (AvgIpc) is 3.05. The highest BCUT2D eigenvalue weighted by Crippen LogP contribution is 2.51. The molecule has 43 heavy (non-hydrogen) atoms. The lowest BCUT2D eigenvalue weighted by Gasteiger charge is -2.26. The van der Waals surface area contributed by atoms with Gasteiger partial charge in [-0.2, -0.15) is 0 Å². The van der Waals surface area contributed by atoms with Gasteiger partial charge in [0.05, 0.1) is 6.61 Å². The second-order valence-electron chi connectivity index (χ2n) is 11.9. The molecule has 206 valence electrons. The first kappa shape index (κ1) is 24.6. The molecule has 0 heterocycles. The van der Waals surface area contributed by atoms with E-state index in [1.54, 1.807) is 0 Å². The lowest BCUT2D eigenvalue weighted by atomic mass is 9.76. The normalized spacial score (nSPS) is 13.3. The molecule has 0 unspecified atom stereocenters. The van der Waals surface area contributed by atoms with Gasteiger partial charge in [0.15, 0.2) is 11.6 Å². The zero-order valence-corrected chi connectivity index (χ0v) is 23.9. The highest BCUT2D eigenvalue weighted by atomic mass is 16.5. The number of benzene rings is 7. The van der Waals surface area contributed by atoms with E-state index < -0.39 is 0 Å². The minimum absolute atomic E-state index is 0.0425. The van der Waals surface area contributed by atoms with E-state index in [0.717, 1.165) is 101 Å². The van der Waals surface area contributed by atoms with E-state index in [4.69, 9.17) is 4.74 Å². The van der Waals surface area contributed by atoms with Gasteiger partial charge in [0.2, 0.25) is 0 Å². The summed E-state index contributed by atoms with van der Waals surface area (Å²) in [5.41, 5.74) is 7.00. The molecule has 7 aromatic carbocycles. The Morgan fingerprint density at radius 2 is 1.02 bits per heavy atom. The largest absolute Gasteiger partial charge is 0.493 e. The zero-order valence-electron chi connectivity index (χ0n) is 23.9. The molecular weight excluding hydrogens is 528 g/mol. The topological polar surface area (TPSA) is 43.4 Å². The van der Waals surface area contributed by atoms with Gasteiger partial charge in [-0.15, -0.1) is 0 Å². The molecule has 0 amide bonds. The van der Waals surface area contributed by atoms with Crippen molar-refractivity contribution in [1.82, 2.24) is 0 Å². The Labute approximate surface area is 249 Å². The first-order valence-electron chi connectivity index (χ1n) is 15.3. The molecular formula is C40H28O3. The van der Waals surface area contributed by atoms with Gasteiger partial charge in [-0.1, -0.05) is 99.0 Å². The Kier molecular flexibility index (Phi) is 5.14. The Morgan fingerprint density at radius 1 is 0.465 bits per heavy atom. The number of fused-ring (bicyclic) bond motifs is 6. The van der Waals surface area contributed by atoms with Crippen molar-refractivity contribution in [3.05, 3.63) is 113 Å².